The Balaban J connectivity index is 1.71. The van der Waals surface area contributed by atoms with Gasteiger partial charge in [0.05, 0.1) is 5.52 Å². The molecule has 0 radical (unpaired) electrons. The highest BCUT2D eigenvalue weighted by atomic mass is 15.3. The van der Waals surface area contributed by atoms with Crippen LogP contribution in [-0.2, 0) is 13.5 Å². The Bertz CT molecular complexity index is 889. The molecule has 0 bridgehead atoms. The number of nitrogens with one attached hydrogen (secondary N) is 1. The fraction of sp³-hybridized carbons (Fsp3) is 0.125. The molecule has 3 heterocycles. The SMILES string of the molecule is Cn1c(Cc2ccccc2)nnc1-c1nc2ncccc2[nH]1. The predicted octanol–water partition coefficient (Wildman–Crippen LogP) is 2.34. The number of imidazole rings is 1. The predicted molar refractivity (Wildman–Crippen MR) is 83.1 cm³/mol. The molecule has 0 aliphatic rings. The zero-order chi connectivity index (χ0) is 14.9. The first kappa shape index (κ1) is 12.7. The molecule has 22 heavy (non-hydrogen) atoms. The minimum Gasteiger partial charge on any atom is -0.334 e. The molecule has 0 saturated carbocycles. The first-order valence-corrected chi connectivity index (χ1v) is 7.04. The minimum atomic E-state index is 0.683. The summed E-state index contributed by atoms with van der Waals surface area (Å²) in [6.07, 6.45) is 2.47. The average molecular weight is 290 g/mol. The van der Waals surface area contributed by atoms with Crippen molar-refractivity contribution < 1.29 is 0 Å². The Hall–Kier alpha value is -3.02. The van der Waals surface area contributed by atoms with Crippen LogP contribution in [-0.4, -0.2) is 29.7 Å². The summed E-state index contributed by atoms with van der Waals surface area (Å²) in [6, 6.07) is 14.0. The second kappa shape index (κ2) is 5.07. The molecule has 4 rings (SSSR count). The van der Waals surface area contributed by atoms with Crippen LogP contribution in [0.15, 0.2) is 48.7 Å². The number of benzene rings is 1. The van der Waals surface area contributed by atoms with Gasteiger partial charge in [0.25, 0.3) is 0 Å². The maximum absolute atomic E-state index is 4.47. The Morgan fingerprint density at radius 1 is 1.05 bits per heavy atom. The van der Waals surface area contributed by atoms with Gasteiger partial charge in [0.1, 0.15) is 5.82 Å². The lowest BCUT2D eigenvalue weighted by Gasteiger charge is -2.02. The fourth-order valence-corrected chi connectivity index (χ4v) is 2.45. The van der Waals surface area contributed by atoms with Crippen LogP contribution in [0.2, 0.25) is 0 Å². The van der Waals surface area contributed by atoms with Gasteiger partial charge in [-0.05, 0) is 17.7 Å². The van der Waals surface area contributed by atoms with Gasteiger partial charge in [-0.1, -0.05) is 30.3 Å². The van der Waals surface area contributed by atoms with Gasteiger partial charge >= 0.3 is 0 Å². The van der Waals surface area contributed by atoms with Crippen LogP contribution in [0.4, 0.5) is 0 Å². The van der Waals surface area contributed by atoms with E-state index in [1.165, 1.54) is 5.56 Å². The van der Waals surface area contributed by atoms with Gasteiger partial charge in [-0.2, -0.15) is 0 Å². The highest BCUT2D eigenvalue weighted by Crippen LogP contribution is 2.18. The number of rotatable bonds is 3. The summed E-state index contributed by atoms with van der Waals surface area (Å²) in [7, 11) is 1.95. The summed E-state index contributed by atoms with van der Waals surface area (Å²) in [5.74, 6) is 2.29. The smallest absolute Gasteiger partial charge is 0.199 e. The number of pyridine rings is 1. The summed E-state index contributed by atoms with van der Waals surface area (Å²) < 4.78 is 1.96. The molecule has 1 aromatic carbocycles. The number of fused-ring (bicyclic) bond motifs is 1. The standard InChI is InChI=1S/C16H14N6/c1-22-13(10-11-6-3-2-4-7-11)20-21-16(22)15-18-12-8-5-9-17-14(12)19-15/h2-9H,10H2,1H3,(H,17,18,19). The zero-order valence-corrected chi connectivity index (χ0v) is 12.1. The van der Waals surface area contributed by atoms with Gasteiger partial charge < -0.3 is 9.55 Å². The largest absolute Gasteiger partial charge is 0.334 e. The highest BCUT2D eigenvalue weighted by Gasteiger charge is 2.14. The van der Waals surface area contributed by atoms with Crippen LogP contribution in [0.5, 0.6) is 0 Å². The molecule has 3 aromatic heterocycles. The number of H-pyrrole nitrogens is 1. The normalized spacial score (nSPS) is 11.1. The van der Waals surface area contributed by atoms with Gasteiger partial charge in [-0.15, -0.1) is 10.2 Å². The van der Waals surface area contributed by atoms with Crippen molar-refractivity contribution in [2.24, 2.45) is 7.05 Å². The van der Waals surface area contributed by atoms with E-state index in [2.05, 4.69) is 37.3 Å². The molecular weight excluding hydrogens is 276 g/mol. The number of hydrogen-bond acceptors (Lipinski definition) is 4. The average Bonchev–Trinajstić information content (AvgIpc) is 3.12. The van der Waals surface area contributed by atoms with Crippen molar-refractivity contribution in [2.45, 2.75) is 6.42 Å². The van der Waals surface area contributed by atoms with Gasteiger partial charge in [-0.25, -0.2) is 9.97 Å². The second-order valence-corrected chi connectivity index (χ2v) is 5.12. The van der Waals surface area contributed by atoms with E-state index in [0.717, 1.165) is 17.8 Å². The van der Waals surface area contributed by atoms with Gasteiger partial charge in [0, 0.05) is 19.7 Å². The van der Waals surface area contributed by atoms with Gasteiger partial charge in [0.15, 0.2) is 17.3 Å². The van der Waals surface area contributed by atoms with Crippen molar-refractivity contribution in [3.63, 3.8) is 0 Å². The van der Waals surface area contributed by atoms with E-state index < -0.39 is 0 Å². The monoisotopic (exact) mass is 290 g/mol. The first-order valence-electron chi connectivity index (χ1n) is 7.04. The molecule has 0 saturated heterocycles. The van der Waals surface area contributed by atoms with Crippen LogP contribution >= 0.6 is 0 Å². The number of nitrogens with zero attached hydrogens (tertiary/aromatic N) is 5. The maximum Gasteiger partial charge on any atom is 0.199 e. The molecule has 0 amide bonds. The molecule has 108 valence electrons. The molecule has 4 aromatic rings. The third-order valence-electron chi connectivity index (χ3n) is 3.64. The van der Waals surface area contributed by atoms with Crippen molar-refractivity contribution in [1.29, 1.82) is 0 Å². The molecule has 0 aliphatic heterocycles. The van der Waals surface area contributed by atoms with Crippen molar-refractivity contribution >= 4 is 11.2 Å². The summed E-state index contributed by atoms with van der Waals surface area (Å²) in [6.45, 7) is 0. The molecule has 6 nitrogen and oxygen atoms in total. The molecular formula is C16H14N6. The highest BCUT2D eigenvalue weighted by molar-refractivity contribution is 5.74. The van der Waals surface area contributed by atoms with Crippen molar-refractivity contribution in [3.05, 3.63) is 60.0 Å². The number of aromatic nitrogens is 6. The second-order valence-electron chi connectivity index (χ2n) is 5.12. The van der Waals surface area contributed by atoms with Crippen LogP contribution < -0.4 is 0 Å². The summed E-state index contributed by atoms with van der Waals surface area (Å²) in [4.78, 5) is 11.9. The van der Waals surface area contributed by atoms with Crippen LogP contribution in [0, 0.1) is 0 Å². The number of aromatic amines is 1. The molecule has 6 heteroatoms. The fourth-order valence-electron chi connectivity index (χ4n) is 2.45. The minimum absolute atomic E-state index is 0.683. The van der Waals surface area contributed by atoms with Gasteiger partial charge in [-0.3, -0.25) is 0 Å². The Morgan fingerprint density at radius 2 is 1.91 bits per heavy atom. The topological polar surface area (TPSA) is 72.3 Å². The first-order chi connectivity index (χ1) is 10.8. The van der Waals surface area contributed by atoms with Crippen molar-refractivity contribution in [3.8, 4) is 11.6 Å². The van der Waals surface area contributed by atoms with E-state index >= 15 is 0 Å². The summed E-state index contributed by atoms with van der Waals surface area (Å²) >= 11 is 0. The van der Waals surface area contributed by atoms with E-state index in [4.69, 9.17) is 0 Å². The molecule has 1 N–H and O–H groups in total. The van der Waals surface area contributed by atoms with E-state index in [9.17, 15) is 0 Å². The molecule has 0 unspecified atom stereocenters. The van der Waals surface area contributed by atoms with E-state index in [-0.39, 0.29) is 0 Å². The Morgan fingerprint density at radius 3 is 2.73 bits per heavy atom. The van der Waals surface area contributed by atoms with Crippen LogP contribution in [0.25, 0.3) is 22.8 Å². The third kappa shape index (κ3) is 2.14. The lowest BCUT2D eigenvalue weighted by molar-refractivity contribution is 0.823. The van der Waals surface area contributed by atoms with E-state index in [0.29, 0.717) is 17.3 Å². The quantitative estimate of drug-likeness (QED) is 0.628. The summed E-state index contributed by atoms with van der Waals surface area (Å²) in [5.41, 5.74) is 2.78. The van der Waals surface area contributed by atoms with E-state index in [1.807, 2.05) is 41.9 Å². The molecule has 0 atom stereocenters. The van der Waals surface area contributed by atoms with Crippen molar-refractivity contribution in [2.75, 3.05) is 0 Å². The van der Waals surface area contributed by atoms with Crippen LogP contribution in [0.3, 0.4) is 0 Å². The molecule has 0 spiro atoms. The lowest BCUT2D eigenvalue weighted by Crippen LogP contribution is -2.01. The summed E-state index contributed by atoms with van der Waals surface area (Å²) in [5, 5.41) is 8.56. The van der Waals surface area contributed by atoms with Crippen molar-refractivity contribution in [1.82, 2.24) is 29.7 Å². The third-order valence-corrected chi connectivity index (χ3v) is 3.64. The lowest BCUT2D eigenvalue weighted by atomic mass is 10.1. The van der Waals surface area contributed by atoms with Crippen LogP contribution in [0.1, 0.15) is 11.4 Å². The van der Waals surface area contributed by atoms with Gasteiger partial charge in [0.2, 0.25) is 0 Å². The molecule has 0 aliphatic carbocycles. The Labute approximate surface area is 126 Å². The Kier molecular flexibility index (Phi) is 2.93. The number of hydrogen-bond donors (Lipinski definition) is 1. The van der Waals surface area contributed by atoms with E-state index in [1.54, 1.807) is 6.20 Å². The zero-order valence-electron chi connectivity index (χ0n) is 12.1. The maximum atomic E-state index is 4.47. The molecule has 0 fully saturated rings.